The molecular formula is C76H144O17P2. The van der Waals surface area contributed by atoms with E-state index >= 15 is 0 Å². The number of phosphoric acid groups is 2. The number of hydrogen-bond acceptors (Lipinski definition) is 15. The van der Waals surface area contributed by atoms with E-state index in [1.165, 1.54) is 180 Å². The van der Waals surface area contributed by atoms with Crippen molar-refractivity contribution in [1.82, 2.24) is 0 Å². The molecule has 0 rings (SSSR count). The molecule has 0 heterocycles. The van der Waals surface area contributed by atoms with Crippen LogP contribution in [0.1, 0.15) is 375 Å². The maximum Gasteiger partial charge on any atom is 0.472 e. The Hall–Kier alpha value is -2.46. The first kappa shape index (κ1) is 92.5. The van der Waals surface area contributed by atoms with Crippen LogP contribution in [0.4, 0.5) is 0 Å². The lowest BCUT2D eigenvalue weighted by Crippen LogP contribution is -2.30. The van der Waals surface area contributed by atoms with Gasteiger partial charge in [-0.3, -0.25) is 37.3 Å². The lowest BCUT2D eigenvalue weighted by atomic mass is 10.0. The number of phosphoric ester groups is 2. The number of aliphatic hydroxyl groups excluding tert-OH is 1. The standard InChI is InChI=1S/C76H144O17P2/c1-6-9-12-15-18-21-24-26-28-30-32-35-41-46-51-56-61-75(80)92-71(66-87-74(79)60-55-50-45-40-34-31-29-27-25-22-19-16-13-10-7-2)67-90-94(82,83)88-63-70(77)64-89-95(84,85)91-68-72(65-86-73(78)59-54-49-44-39-33-23-20-17-14-11-8-3)93-76(81)62-57-52-47-42-37-36-38-43-48-53-58-69(4)5/h22,25,27,29,69-72,77H,6-21,23-24,26,28,30-68H2,1-5H3,(H,82,83)(H,84,85)/b25-22-,29-27-/t70-,71-,72-/m1/s1. The summed E-state index contributed by atoms with van der Waals surface area (Å²) in [6.45, 7) is 7.22. The maximum absolute atomic E-state index is 13.1. The summed E-state index contributed by atoms with van der Waals surface area (Å²) in [7, 11) is -9.92. The molecule has 0 fully saturated rings. The Labute approximate surface area is 580 Å². The molecule has 5 atom stereocenters. The van der Waals surface area contributed by atoms with Crippen molar-refractivity contribution in [1.29, 1.82) is 0 Å². The molecule has 0 aromatic rings. The number of ether oxygens (including phenoxy) is 4. The van der Waals surface area contributed by atoms with Gasteiger partial charge in [0.05, 0.1) is 26.4 Å². The third-order valence-corrected chi connectivity index (χ3v) is 19.1. The van der Waals surface area contributed by atoms with Crippen LogP contribution >= 0.6 is 15.6 Å². The molecule has 3 N–H and O–H groups in total. The first-order valence-electron chi connectivity index (χ1n) is 39.0. The first-order valence-corrected chi connectivity index (χ1v) is 41.9. The highest BCUT2D eigenvalue weighted by Crippen LogP contribution is 2.45. The van der Waals surface area contributed by atoms with Crippen LogP contribution in [0.15, 0.2) is 24.3 Å². The molecule has 0 spiro atoms. The predicted molar refractivity (Wildman–Crippen MR) is 386 cm³/mol. The number of carbonyl (C=O) groups is 4. The molecule has 0 aliphatic carbocycles. The van der Waals surface area contributed by atoms with E-state index in [0.717, 1.165) is 115 Å². The van der Waals surface area contributed by atoms with Crippen molar-refractivity contribution in [2.45, 2.75) is 393 Å². The molecule has 0 radical (unpaired) electrons. The first-order chi connectivity index (χ1) is 46.0. The molecule has 0 saturated heterocycles. The molecule has 0 aliphatic rings. The van der Waals surface area contributed by atoms with E-state index in [9.17, 15) is 43.2 Å². The fraction of sp³-hybridized carbons (Fsp3) is 0.895. The van der Waals surface area contributed by atoms with Gasteiger partial charge in [-0.15, -0.1) is 0 Å². The van der Waals surface area contributed by atoms with Gasteiger partial charge in [0, 0.05) is 25.7 Å². The normalized spacial score (nSPS) is 14.1. The van der Waals surface area contributed by atoms with Crippen molar-refractivity contribution in [2.75, 3.05) is 39.6 Å². The number of unbranched alkanes of at least 4 members (excludes halogenated alkanes) is 43. The zero-order valence-electron chi connectivity index (χ0n) is 61.3. The predicted octanol–water partition coefficient (Wildman–Crippen LogP) is 22.0. The fourth-order valence-corrected chi connectivity index (χ4v) is 12.7. The molecule has 0 amide bonds. The van der Waals surface area contributed by atoms with Gasteiger partial charge in [-0.05, 0) is 57.3 Å². The topological polar surface area (TPSA) is 237 Å². The molecule has 95 heavy (non-hydrogen) atoms. The summed E-state index contributed by atoms with van der Waals surface area (Å²) < 4.78 is 68.5. The summed E-state index contributed by atoms with van der Waals surface area (Å²) >= 11 is 0. The highest BCUT2D eigenvalue weighted by Gasteiger charge is 2.30. The molecule has 560 valence electrons. The van der Waals surface area contributed by atoms with Gasteiger partial charge in [0.25, 0.3) is 0 Å². The average molecular weight is 1390 g/mol. The van der Waals surface area contributed by atoms with E-state index in [2.05, 4.69) is 58.9 Å². The quantitative estimate of drug-likeness (QED) is 0.0169. The van der Waals surface area contributed by atoms with Crippen LogP contribution in [0.2, 0.25) is 0 Å². The van der Waals surface area contributed by atoms with Crippen molar-refractivity contribution in [2.24, 2.45) is 5.92 Å². The van der Waals surface area contributed by atoms with Crippen molar-refractivity contribution in [3.05, 3.63) is 24.3 Å². The number of carbonyl (C=O) groups excluding carboxylic acids is 4. The molecule has 0 aromatic heterocycles. The van der Waals surface area contributed by atoms with E-state index in [0.29, 0.717) is 25.7 Å². The molecule has 19 heteroatoms. The monoisotopic (exact) mass is 1390 g/mol. The molecule has 2 unspecified atom stereocenters. The Balaban J connectivity index is 5.29. The van der Waals surface area contributed by atoms with Gasteiger partial charge in [-0.1, -0.05) is 322 Å². The highest BCUT2D eigenvalue weighted by molar-refractivity contribution is 7.47. The van der Waals surface area contributed by atoms with E-state index in [4.69, 9.17) is 37.0 Å². The molecular weight excluding hydrogens is 1250 g/mol. The van der Waals surface area contributed by atoms with Crippen molar-refractivity contribution < 1.29 is 80.2 Å². The summed E-state index contributed by atoms with van der Waals surface area (Å²) in [5, 5.41) is 10.6. The minimum Gasteiger partial charge on any atom is -0.462 e. The van der Waals surface area contributed by atoms with Crippen molar-refractivity contribution in [3.63, 3.8) is 0 Å². The second kappa shape index (κ2) is 68.7. The van der Waals surface area contributed by atoms with Gasteiger partial charge in [0.15, 0.2) is 12.2 Å². The average Bonchev–Trinajstić information content (AvgIpc) is 2.78. The van der Waals surface area contributed by atoms with Gasteiger partial charge < -0.3 is 33.8 Å². The second-order valence-corrected chi connectivity index (χ2v) is 30.1. The third-order valence-electron chi connectivity index (χ3n) is 17.2. The summed E-state index contributed by atoms with van der Waals surface area (Å²) in [4.78, 5) is 72.8. The van der Waals surface area contributed by atoms with Crippen LogP contribution in [-0.2, 0) is 65.4 Å². The number of hydrogen-bond donors (Lipinski definition) is 3. The van der Waals surface area contributed by atoms with Gasteiger partial charge in [0.1, 0.15) is 19.3 Å². The summed E-state index contributed by atoms with van der Waals surface area (Å²) in [6, 6.07) is 0. The van der Waals surface area contributed by atoms with E-state index in [1.807, 2.05) is 0 Å². The van der Waals surface area contributed by atoms with E-state index < -0.39 is 97.5 Å². The third kappa shape index (κ3) is 69.8. The van der Waals surface area contributed by atoms with Crippen LogP contribution in [0.3, 0.4) is 0 Å². The number of esters is 4. The van der Waals surface area contributed by atoms with Gasteiger partial charge >= 0.3 is 39.5 Å². The summed E-state index contributed by atoms with van der Waals surface area (Å²) in [5.41, 5.74) is 0. The molecule has 0 aromatic carbocycles. The maximum atomic E-state index is 13.1. The van der Waals surface area contributed by atoms with Gasteiger partial charge in [0.2, 0.25) is 0 Å². The zero-order valence-corrected chi connectivity index (χ0v) is 63.1. The largest absolute Gasteiger partial charge is 0.472 e. The number of rotatable bonds is 74. The SMILES string of the molecule is CCCCCC/C=C\C=C/CCCCCCCC(=O)OC[C@H](COP(=O)(O)OC[C@@H](O)COP(=O)(O)OC[C@@H](COC(=O)CCCCCCCCCCCCC)OC(=O)CCCCCCCCCCCCC(C)C)OC(=O)CCCCCCCCCCCCCCCCCC. The van der Waals surface area contributed by atoms with Crippen LogP contribution in [-0.4, -0.2) is 96.7 Å². The summed E-state index contributed by atoms with van der Waals surface area (Å²) in [5.74, 6) is -1.39. The summed E-state index contributed by atoms with van der Waals surface area (Å²) in [6.07, 6.45) is 60.3. The van der Waals surface area contributed by atoms with Crippen LogP contribution < -0.4 is 0 Å². The zero-order chi connectivity index (χ0) is 69.8. The smallest absolute Gasteiger partial charge is 0.462 e. The Bertz CT molecular complexity index is 1920. The Morgan fingerprint density at radius 3 is 0.863 bits per heavy atom. The van der Waals surface area contributed by atoms with Crippen LogP contribution in [0.25, 0.3) is 0 Å². The molecule has 0 saturated carbocycles. The van der Waals surface area contributed by atoms with Crippen molar-refractivity contribution >= 4 is 39.5 Å². The Kier molecular flexibility index (Phi) is 66.9. The van der Waals surface area contributed by atoms with E-state index in [1.54, 1.807) is 0 Å². The van der Waals surface area contributed by atoms with Crippen molar-refractivity contribution in [3.8, 4) is 0 Å². The highest BCUT2D eigenvalue weighted by atomic mass is 31.2. The second-order valence-electron chi connectivity index (χ2n) is 27.2. The minimum absolute atomic E-state index is 0.102. The number of allylic oxidation sites excluding steroid dienone is 4. The minimum atomic E-state index is -4.96. The van der Waals surface area contributed by atoms with Crippen LogP contribution in [0, 0.1) is 5.92 Å². The Morgan fingerprint density at radius 2 is 0.568 bits per heavy atom. The van der Waals surface area contributed by atoms with E-state index in [-0.39, 0.29) is 25.7 Å². The molecule has 0 bridgehead atoms. The molecule has 17 nitrogen and oxygen atoms in total. The van der Waals surface area contributed by atoms with Gasteiger partial charge in [-0.25, -0.2) is 9.13 Å². The van der Waals surface area contributed by atoms with Crippen LogP contribution in [0.5, 0.6) is 0 Å². The number of aliphatic hydroxyl groups is 1. The fourth-order valence-electron chi connectivity index (χ4n) is 11.2. The lowest BCUT2D eigenvalue weighted by Gasteiger charge is -2.21. The Morgan fingerprint density at radius 1 is 0.326 bits per heavy atom. The molecule has 0 aliphatic heterocycles. The lowest BCUT2D eigenvalue weighted by molar-refractivity contribution is -0.161. The van der Waals surface area contributed by atoms with Gasteiger partial charge in [-0.2, -0.15) is 0 Å².